The van der Waals surface area contributed by atoms with Crippen LogP contribution in [0.5, 0.6) is 0 Å². The number of alkyl halides is 2. The molecule has 0 fully saturated rings. The molecule has 120 valence electrons. The van der Waals surface area contributed by atoms with E-state index in [1.807, 2.05) is 39.0 Å². The summed E-state index contributed by atoms with van der Waals surface area (Å²) >= 11 is 0. The van der Waals surface area contributed by atoms with Crippen LogP contribution in [0.2, 0.25) is 0 Å². The van der Waals surface area contributed by atoms with Gasteiger partial charge in [-0.2, -0.15) is 8.78 Å². The third kappa shape index (κ3) is 2.79. The largest absolute Gasteiger partial charge is 0.375 e. The Morgan fingerprint density at radius 2 is 1.78 bits per heavy atom. The van der Waals surface area contributed by atoms with Gasteiger partial charge in [0.25, 0.3) is 0 Å². The molecular formula is C18H19F2N3. The SMILES string of the molecule is Cc1cccc(N[C@@H](C)c2nc3ccccc3n2C(F)F)c1C. The molecule has 1 aromatic heterocycles. The standard InChI is InChI=1S/C18H19F2N3/c1-11-7-6-9-14(12(11)2)21-13(3)17-22-15-8-4-5-10-16(15)23(17)18(19)20/h4-10,13,18,21H,1-3H3/t13-/m0/s1. The smallest absolute Gasteiger partial charge is 0.320 e. The summed E-state index contributed by atoms with van der Waals surface area (Å²) in [6.45, 7) is 3.27. The Kier molecular flexibility index (Phi) is 4.03. The maximum absolute atomic E-state index is 13.5. The highest BCUT2D eigenvalue weighted by Crippen LogP contribution is 2.29. The molecule has 5 heteroatoms. The number of rotatable bonds is 4. The summed E-state index contributed by atoms with van der Waals surface area (Å²) < 4.78 is 28.1. The Bertz CT molecular complexity index is 839. The second kappa shape index (κ2) is 5.99. The maximum atomic E-state index is 13.5. The summed E-state index contributed by atoms with van der Waals surface area (Å²) in [6.07, 6.45) is 0. The van der Waals surface area contributed by atoms with Crippen molar-refractivity contribution >= 4 is 16.7 Å². The van der Waals surface area contributed by atoms with Gasteiger partial charge < -0.3 is 5.32 Å². The van der Waals surface area contributed by atoms with E-state index in [1.54, 1.807) is 24.3 Å². The van der Waals surface area contributed by atoms with Gasteiger partial charge in [-0.25, -0.2) is 4.98 Å². The number of para-hydroxylation sites is 2. The van der Waals surface area contributed by atoms with Crippen molar-refractivity contribution in [2.24, 2.45) is 0 Å². The summed E-state index contributed by atoms with van der Waals surface area (Å²) in [5.74, 6) is 0.335. The first-order valence-electron chi connectivity index (χ1n) is 7.57. The van der Waals surface area contributed by atoms with Crippen LogP contribution in [0.3, 0.4) is 0 Å². The van der Waals surface area contributed by atoms with Gasteiger partial charge in [0, 0.05) is 5.69 Å². The van der Waals surface area contributed by atoms with Crippen LogP contribution in [-0.4, -0.2) is 9.55 Å². The highest BCUT2D eigenvalue weighted by Gasteiger charge is 2.22. The summed E-state index contributed by atoms with van der Waals surface area (Å²) in [5, 5.41) is 3.31. The van der Waals surface area contributed by atoms with E-state index in [-0.39, 0.29) is 6.04 Å². The van der Waals surface area contributed by atoms with Gasteiger partial charge in [0.2, 0.25) is 0 Å². The second-order valence-corrected chi connectivity index (χ2v) is 5.72. The molecule has 23 heavy (non-hydrogen) atoms. The minimum Gasteiger partial charge on any atom is -0.375 e. The molecule has 1 N–H and O–H groups in total. The molecule has 3 nitrogen and oxygen atoms in total. The number of hydrogen-bond acceptors (Lipinski definition) is 2. The zero-order valence-corrected chi connectivity index (χ0v) is 13.3. The Morgan fingerprint density at radius 3 is 2.52 bits per heavy atom. The molecule has 0 amide bonds. The third-order valence-corrected chi connectivity index (χ3v) is 4.18. The highest BCUT2D eigenvalue weighted by molar-refractivity contribution is 5.76. The Balaban J connectivity index is 2.02. The topological polar surface area (TPSA) is 29.9 Å². The molecule has 2 aromatic carbocycles. The molecule has 0 radical (unpaired) electrons. The normalized spacial score (nSPS) is 12.8. The molecule has 0 saturated carbocycles. The number of nitrogens with zero attached hydrogens (tertiary/aromatic N) is 2. The Labute approximate surface area is 134 Å². The van der Waals surface area contributed by atoms with Crippen molar-refractivity contribution in [1.29, 1.82) is 0 Å². The minimum absolute atomic E-state index is 0.335. The molecule has 0 saturated heterocycles. The van der Waals surface area contributed by atoms with Gasteiger partial charge >= 0.3 is 6.55 Å². The van der Waals surface area contributed by atoms with E-state index >= 15 is 0 Å². The van der Waals surface area contributed by atoms with Crippen molar-refractivity contribution in [3.63, 3.8) is 0 Å². The number of fused-ring (bicyclic) bond motifs is 1. The van der Waals surface area contributed by atoms with Crippen LogP contribution in [0.25, 0.3) is 11.0 Å². The lowest BCUT2D eigenvalue weighted by Crippen LogP contribution is -2.15. The van der Waals surface area contributed by atoms with Crippen molar-refractivity contribution in [2.45, 2.75) is 33.4 Å². The highest BCUT2D eigenvalue weighted by atomic mass is 19.3. The number of imidazole rings is 1. The van der Waals surface area contributed by atoms with Crippen LogP contribution in [0, 0.1) is 13.8 Å². The number of aryl methyl sites for hydroxylation is 1. The van der Waals surface area contributed by atoms with E-state index in [2.05, 4.69) is 10.3 Å². The fourth-order valence-corrected chi connectivity index (χ4v) is 2.78. The summed E-state index contributed by atoms with van der Waals surface area (Å²) in [5.41, 5.74) is 4.23. The second-order valence-electron chi connectivity index (χ2n) is 5.72. The van der Waals surface area contributed by atoms with Gasteiger partial charge in [0.05, 0.1) is 17.1 Å². The van der Waals surface area contributed by atoms with E-state index in [1.165, 1.54) is 0 Å². The first kappa shape index (κ1) is 15.5. The molecule has 0 bridgehead atoms. The van der Waals surface area contributed by atoms with Crippen LogP contribution in [0.4, 0.5) is 14.5 Å². The molecule has 0 aliphatic heterocycles. The molecule has 0 unspecified atom stereocenters. The van der Waals surface area contributed by atoms with Crippen molar-refractivity contribution in [3.05, 3.63) is 59.4 Å². The number of benzene rings is 2. The number of nitrogens with one attached hydrogen (secondary N) is 1. The van der Waals surface area contributed by atoms with Crippen LogP contribution in [-0.2, 0) is 0 Å². The predicted molar refractivity (Wildman–Crippen MR) is 88.9 cm³/mol. The van der Waals surface area contributed by atoms with Gasteiger partial charge in [0.1, 0.15) is 5.82 Å². The first-order valence-corrected chi connectivity index (χ1v) is 7.57. The first-order chi connectivity index (χ1) is 11.0. The lowest BCUT2D eigenvalue weighted by Gasteiger charge is -2.19. The quantitative estimate of drug-likeness (QED) is 0.715. The monoisotopic (exact) mass is 315 g/mol. The number of aromatic nitrogens is 2. The number of hydrogen-bond donors (Lipinski definition) is 1. The Hall–Kier alpha value is -2.43. The zero-order valence-electron chi connectivity index (χ0n) is 13.3. The van der Waals surface area contributed by atoms with Crippen LogP contribution in [0.15, 0.2) is 42.5 Å². The lowest BCUT2D eigenvalue weighted by molar-refractivity contribution is 0.0708. The van der Waals surface area contributed by atoms with Crippen molar-refractivity contribution in [1.82, 2.24) is 9.55 Å². The molecule has 0 spiro atoms. The van der Waals surface area contributed by atoms with Gasteiger partial charge in [0.15, 0.2) is 0 Å². The molecule has 1 heterocycles. The zero-order chi connectivity index (χ0) is 16.6. The predicted octanol–water partition coefficient (Wildman–Crippen LogP) is 5.22. The summed E-state index contributed by atoms with van der Waals surface area (Å²) in [4.78, 5) is 4.40. The fourth-order valence-electron chi connectivity index (χ4n) is 2.78. The molecule has 1 atom stereocenters. The number of halogens is 2. The van der Waals surface area contributed by atoms with Crippen LogP contribution >= 0.6 is 0 Å². The third-order valence-electron chi connectivity index (χ3n) is 4.18. The average molecular weight is 315 g/mol. The van der Waals surface area contributed by atoms with Gasteiger partial charge in [-0.1, -0.05) is 24.3 Å². The molecule has 0 aliphatic rings. The average Bonchev–Trinajstić information content (AvgIpc) is 2.91. The van der Waals surface area contributed by atoms with Gasteiger partial charge in [-0.3, -0.25) is 4.57 Å². The molecule has 3 rings (SSSR count). The van der Waals surface area contributed by atoms with E-state index < -0.39 is 6.55 Å². The van der Waals surface area contributed by atoms with Crippen molar-refractivity contribution in [3.8, 4) is 0 Å². The summed E-state index contributed by atoms with van der Waals surface area (Å²) in [6, 6.07) is 12.6. The fraction of sp³-hybridized carbons (Fsp3) is 0.278. The molecule has 3 aromatic rings. The van der Waals surface area contributed by atoms with E-state index in [9.17, 15) is 8.78 Å². The maximum Gasteiger partial charge on any atom is 0.320 e. The molecule has 0 aliphatic carbocycles. The van der Waals surface area contributed by atoms with E-state index in [0.717, 1.165) is 21.4 Å². The van der Waals surface area contributed by atoms with Crippen molar-refractivity contribution in [2.75, 3.05) is 5.32 Å². The summed E-state index contributed by atoms with van der Waals surface area (Å²) in [7, 11) is 0. The van der Waals surface area contributed by atoms with E-state index in [4.69, 9.17) is 0 Å². The van der Waals surface area contributed by atoms with Crippen LogP contribution in [0.1, 0.15) is 36.5 Å². The van der Waals surface area contributed by atoms with Gasteiger partial charge in [-0.05, 0) is 50.1 Å². The molecular weight excluding hydrogens is 296 g/mol. The van der Waals surface area contributed by atoms with Gasteiger partial charge in [-0.15, -0.1) is 0 Å². The van der Waals surface area contributed by atoms with Crippen LogP contribution < -0.4 is 5.32 Å². The van der Waals surface area contributed by atoms with Crippen molar-refractivity contribution < 1.29 is 8.78 Å². The van der Waals surface area contributed by atoms with E-state index in [0.29, 0.717) is 16.9 Å². The number of anilines is 1. The minimum atomic E-state index is -2.62. The Morgan fingerprint density at radius 1 is 1.04 bits per heavy atom. The lowest BCUT2D eigenvalue weighted by atomic mass is 10.1.